The first-order valence-corrected chi connectivity index (χ1v) is 5.84. The van der Waals surface area contributed by atoms with Gasteiger partial charge in [0, 0.05) is 11.1 Å². The van der Waals surface area contributed by atoms with Gasteiger partial charge in [-0.2, -0.15) is 0 Å². The molecule has 2 aromatic rings. The molecule has 0 atom stereocenters. The topological polar surface area (TPSA) is 68.0 Å². The number of fused-ring (bicyclic) bond motifs is 1. The van der Waals surface area contributed by atoms with Crippen molar-refractivity contribution in [3.8, 4) is 0 Å². The van der Waals surface area contributed by atoms with E-state index < -0.39 is 5.54 Å². The van der Waals surface area contributed by atoms with Gasteiger partial charge in [-0.1, -0.05) is 18.2 Å². The Labute approximate surface area is 106 Å². The van der Waals surface area contributed by atoms with E-state index in [9.17, 15) is 4.79 Å². The van der Waals surface area contributed by atoms with E-state index in [0.717, 1.165) is 16.6 Å². The van der Waals surface area contributed by atoms with E-state index in [0.29, 0.717) is 5.69 Å². The van der Waals surface area contributed by atoms with Gasteiger partial charge in [-0.15, -0.1) is 0 Å². The smallest absolute Gasteiger partial charge is 0.243 e. The Bertz CT molecular complexity index is 600. The third-order valence-electron chi connectivity index (χ3n) is 2.69. The molecule has 4 nitrogen and oxygen atoms in total. The predicted octanol–water partition coefficient (Wildman–Crippen LogP) is 2.22. The SMILES string of the molecule is Cc1ccc2cccc(NC(=O)C(C)(C)N)c2n1. The molecular formula is C14H17N3O. The molecule has 4 heteroatoms. The summed E-state index contributed by atoms with van der Waals surface area (Å²) in [6, 6.07) is 9.61. The predicted molar refractivity (Wildman–Crippen MR) is 73.4 cm³/mol. The number of anilines is 1. The minimum absolute atomic E-state index is 0.224. The second-order valence-electron chi connectivity index (χ2n) is 5.01. The number of carbonyl (C=O) groups is 1. The van der Waals surface area contributed by atoms with E-state index in [2.05, 4.69) is 10.3 Å². The van der Waals surface area contributed by atoms with Gasteiger partial charge in [-0.25, -0.2) is 0 Å². The number of nitrogens with zero attached hydrogens (tertiary/aromatic N) is 1. The fraction of sp³-hybridized carbons (Fsp3) is 0.286. The second-order valence-corrected chi connectivity index (χ2v) is 5.01. The zero-order valence-electron chi connectivity index (χ0n) is 10.8. The number of aryl methyl sites for hydroxylation is 1. The van der Waals surface area contributed by atoms with Crippen LogP contribution in [0.25, 0.3) is 10.9 Å². The summed E-state index contributed by atoms with van der Waals surface area (Å²) in [5.41, 5.74) is 7.25. The Morgan fingerprint density at radius 1 is 1.28 bits per heavy atom. The highest BCUT2D eigenvalue weighted by atomic mass is 16.2. The van der Waals surface area contributed by atoms with Crippen LogP contribution in [0.3, 0.4) is 0 Å². The maximum Gasteiger partial charge on any atom is 0.243 e. The van der Waals surface area contributed by atoms with E-state index in [1.54, 1.807) is 13.8 Å². The average molecular weight is 243 g/mol. The zero-order valence-corrected chi connectivity index (χ0v) is 10.8. The first-order chi connectivity index (χ1) is 8.38. The molecule has 1 aromatic heterocycles. The van der Waals surface area contributed by atoms with Gasteiger partial charge in [0.15, 0.2) is 0 Å². The quantitative estimate of drug-likeness (QED) is 0.849. The largest absolute Gasteiger partial charge is 0.323 e. The minimum Gasteiger partial charge on any atom is -0.323 e. The maximum atomic E-state index is 11.9. The van der Waals surface area contributed by atoms with Gasteiger partial charge in [-0.3, -0.25) is 9.78 Å². The number of aromatic nitrogens is 1. The lowest BCUT2D eigenvalue weighted by molar-refractivity contribution is -0.120. The number of hydrogen-bond acceptors (Lipinski definition) is 3. The Morgan fingerprint density at radius 2 is 2.00 bits per heavy atom. The molecule has 0 saturated heterocycles. The normalized spacial score (nSPS) is 11.6. The van der Waals surface area contributed by atoms with Crippen molar-refractivity contribution in [2.24, 2.45) is 5.73 Å². The van der Waals surface area contributed by atoms with Crippen molar-refractivity contribution in [3.63, 3.8) is 0 Å². The maximum absolute atomic E-state index is 11.9. The van der Waals surface area contributed by atoms with Gasteiger partial charge in [0.1, 0.15) is 0 Å². The number of rotatable bonds is 2. The fourth-order valence-corrected chi connectivity index (χ4v) is 1.63. The third kappa shape index (κ3) is 2.49. The molecule has 0 spiro atoms. The van der Waals surface area contributed by atoms with Crippen LogP contribution >= 0.6 is 0 Å². The minimum atomic E-state index is -0.911. The molecule has 3 N–H and O–H groups in total. The van der Waals surface area contributed by atoms with Crippen molar-refractivity contribution in [2.45, 2.75) is 26.3 Å². The summed E-state index contributed by atoms with van der Waals surface area (Å²) in [5.74, 6) is -0.224. The molecule has 1 aromatic carbocycles. The van der Waals surface area contributed by atoms with Crippen LogP contribution in [0.1, 0.15) is 19.5 Å². The summed E-state index contributed by atoms with van der Waals surface area (Å²) in [7, 11) is 0. The highest BCUT2D eigenvalue weighted by Gasteiger charge is 2.22. The van der Waals surface area contributed by atoms with Crippen LogP contribution in [0.5, 0.6) is 0 Å². The van der Waals surface area contributed by atoms with Crippen molar-refractivity contribution >= 4 is 22.5 Å². The van der Waals surface area contributed by atoms with Crippen LogP contribution in [0.2, 0.25) is 0 Å². The van der Waals surface area contributed by atoms with Crippen molar-refractivity contribution in [1.82, 2.24) is 4.98 Å². The highest BCUT2D eigenvalue weighted by molar-refractivity contribution is 6.03. The van der Waals surface area contributed by atoms with Crippen LogP contribution in [0.15, 0.2) is 30.3 Å². The fourth-order valence-electron chi connectivity index (χ4n) is 1.63. The number of nitrogens with one attached hydrogen (secondary N) is 1. The van der Waals surface area contributed by atoms with Crippen molar-refractivity contribution in [2.75, 3.05) is 5.32 Å². The van der Waals surface area contributed by atoms with Gasteiger partial charge in [-0.05, 0) is 32.9 Å². The van der Waals surface area contributed by atoms with E-state index in [1.165, 1.54) is 0 Å². The summed E-state index contributed by atoms with van der Waals surface area (Å²) < 4.78 is 0. The molecule has 0 aliphatic rings. The van der Waals surface area contributed by atoms with Crippen LogP contribution in [0.4, 0.5) is 5.69 Å². The Morgan fingerprint density at radius 3 is 2.67 bits per heavy atom. The molecule has 18 heavy (non-hydrogen) atoms. The summed E-state index contributed by atoms with van der Waals surface area (Å²) in [5, 5.41) is 3.82. The molecule has 0 saturated carbocycles. The van der Waals surface area contributed by atoms with Gasteiger partial charge < -0.3 is 11.1 Å². The van der Waals surface area contributed by atoms with Crippen molar-refractivity contribution < 1.29 is 4.79 Å². The highest BCUT2D eigenvalue weighted by Crippen LogP contribution is 2.22. The number of carbonyl (C=O) groups excluding carboxylic acids is 1. The molecular weight excluding hydrogens is 226 g/mol. The number of nitrogens with two attached hydrogens (primary N) is 1. The molecule has 0 aliphatic heterocycles. The second kappa shape index (κ2) is 4.38. The van der Waals surface area contributed by atoms with Crippen molar-refractivity contribution in [1.29, 1.82) is 0 Å². The van der Waals surface area contributed by atoms with Crippen molar-refractivity contribution in [3.05, 3.63) is 36.0 Å². The van der Waals surface area contributed by atoms with Gasteiger partial charge in [0.25, 0.3) is 0 Å². The summed E-state index contributed by atoms with van der Waals surface area (Å²) in [6.07, 6.45) is 0. The molecule has 0 unspecified atom stereocenters. The van der Waals surface area contributed by atoms with E-state index in [-0.39, 0.29) is 5.91 Å². The zero-order chi connectivity index (χ0) is 13.3. The summed E-state index contributed by atoms with van der Waals surface area (Å²) in [4.78, 5) is 16.4. The van der Waals surface area contributed by atoms with E-state index in [1.807, 2.05) is 37.3 Å². The number of amides is 1. The molecule has 0 bridgehead atoms. The van der Waals surface area contributed by atoms with E-state index >= 15 is 0 Å². The first kappa shape index (κ1) is 12.5. The third-order valence-corrected chi connectivity index (χ3v) is 2.69. The number of hydrogen-bond donors (Lipinski definition) is 2. The number of benzene rings is 1. The lowest BCUT2D eigenvalue weighted by Crippen LogP contribution is -2.45. The number of pyridine rings is 1. The van der Waals surface area contributed by atoms with Gasteiger partial charge >= 0.3 is 0 Å². The first-order valence-electron chi connectivity index (χ1n) is 5.84. The summed E-state index contributed by atoms with van der Waals surface area (Å²) >= 11 is 0. The summed E-state index contributed by atoms with van der Waals surface area (Å²) in [6.45, 7) is 5.27. The Kier molecular flexibility index (Phi) is 3.05. The Balaban J connectivity index is 2.45. The molecule has 0 radical (unpaired) electrons. The monoisotopic (exact) mass is 243 g/mol. The van der Waals surface area contributed by atoms with Crippen LogP contribution < -0.4 is 11.1 Å². The average Bonchev–Trinajstić information content (AvgIpc) is 2.28. The molecule has 1 amide bonds. The van der Waals surface area contributed by atoms with Gasteiger partial charge in [0.2, 0.25) is 5.91 Å². The Hall–Kier alpha value is -1.94. The molecule has 94 valence electrons. The van der Waals surface area contributed by atoms with Crippen LogP contribution in [-0.2, 0) is 4.79 Å². The number of para-hydroxylation sites is 1. The van der Waals surface area contributed by atoms with Crippen LogP contribution in [-0.4, -0.2) is 16.4 Å². The molecule has 1 heterocycles. The molecule has 2 rings (SSSR count). The molecule has 0 aliphatic carbocycles. The van der Waals surface area contributed by atoms with Crippen LogP contribution in [0, 0.1) is 6.92 Å². The van der Waals surface area contributed by atoms with E-state index in [4.69, 9.17) is 5.73 Å². The molecule has 0 fully saturated rings. The lowest BCUT2D eigenvalue weighted by atomic mass is 10.1. The lowest BCUT2D eigenvalue weighted by Gasteiger charge is -2.18. The van der Waals surface area contributed by atoms with Gasteiger partial charge in [0.05, 0.1) is 16.7 Å². The standard InChI is InChI=1S/C14H17N3O/c1-9-7-8-10-5-4-6-11(12(10)16-9)17-13(18)14(2,3)15/h4-8H,15H2,1-3H3,(H,17,18).